The maximum atomic E-state index is 11.6. The normalized spacial score (nSPS) is 33.6. The Labute approximate surface area is 129 Å². The Morgan fingerprint density at radius 2 is 2.10 bits per heavy atom. The highest BCUT2D eigenvalue weighted by molar-refractivity contribution is 7.88. The molecule has 0 aromatic heterocycles. The molecule has 0 amide bonds. The molecule has 2 fully saturated rings. The molecular weight excluding hydrogens is 288 g/mol. The zero-order valence-electron chi connectivity index (χ0n) is 13.8. The SMILES string of the molecule is CCOC1CC(NCC2CCCN(S(C)(=O)=O)C2)C1(C)C. The fourth-order valence-corrected chi connectivity index (χ4v) is 4.46. The van der Waals surface area contributed by atoms with E-state index in [4.69, 9.17) is 4.74 Å². The predicted octanol–water partition coefficient (Wildman–Crippen LogP) is 1.45. The van der Waals surface area contributed by atoms with Crippen molar-refractivity contribution in [1.82, 2.24) is 9.62 Å². The van der Waals surface area contributed by atoms with Crippen LogP contribution < -0.4 is 5.32 Å². The molecule has 0 bridgehead atoms. The molecule has 21 heavy (non-hydrogen) atoms. The highest BCUT2D eigenvalue weighted by Gasteiger charge is 2.48. The molecule has 0 spiro atoms. The summed E-state index contributed by atoms with van der Waals surface area (Å²) in [5.41, 5.74) is 0.168. The van der Waals surface area contributed by atoms with Gasteiger partial charge in [-0.3, -0.25) is 0 Å². The van der Waals surface area contributed by atoms with Gasteiger partial charge in [0.05, 0.1) is 12.4 Å². The minimum absolute atomic E-state index is 0.168. The van der Waals surface area contributed by atoms with Gasteiger partial charge in [0.15, 0.2) is 0 Å². The van der Waals surface area contributed by atoms with Gasteiger partial charge in [0.2, 0.25) is 10.0 Å². The predicted molar refractivity (Wildman–Crippen MR) is 84.7 cm³/mol. The summed E-state index contributed by atoms with van der Waals surface area (Å²) in [5, 5.41) is 3.64. The van der Waals surface area contributed by atoms with Gasteiger partial charge in [0, 0.05) is 31.2 Å². The smallest absolute Gasteiger partial charge is 0.211 e. The van der Waals surface area contributed by atoms with Crippen molar-refractivity contribution in [2.24, 2.45) is 11.3 Å². The van der Waals surface area contributed by atoms with Crippen LogP contribution in [0.1, 0.15) is 40.0 Å². The number of nitrogens with one attached hydrogen (secondary N) is 1. The Balaban J connectivity index is 1.79. The first-order valence-corrected chi connectivity index (χ1v) is 9.90. The van der Waals surface area contributed by atoms with E-state index in [9.17, 15) is 8.42 Å². The van der Waals surface area contributed by atoms with Crippen molar-refractivity contribution < 1.29 is 13.2 Å². The molecule has 1 saturated carbocycles. The summed E-state index contributed by atoms with van der Waals surface area (Å²) in [7, 11) is -3.04. The van der Waals surface area contributed by atoms with Crippen LogP contribution in [0.15, 0.2) is 0 Å². The summed E-state index contributed by atoms with van der Waals surface area (Å²) in [4.78, 5) is 0. The lowest BCUT2D eigenvalue weighted by Crippen LogP contribution is -2.61. The van der Waals surface area contributed by atoms with Crippen molar-refractivity contribution in [1.29, 1.82) is 0 Å². The van der Waals surface area contributed by atoms with Crippen molar-refractivity contribution >= 4 is 10.0 Å². The average Bonchev–Trinajstić information content (AvgIpc) is 2.41. The first-order valence-electron chi connectivity index (χ1n) is 8.05. The Hall–Kier alpha value is -0.170. The van der Waals surface area contributed by atoms with Gasteiger partial charge in [-0.1, -0.05) is 13.8 Å². The highest BCUT2D eigenvalue weighted by atomic mass is 32.2. The molecule has 6 heteroatoms. The second-order valence-corrected chi connectivity index (χ2v) is 9.07. The molecule has 1 heterocycles. The van der Waals surface area contributed by atoms with Crippen molar-refractivity contribution in [3.63, 3.8) is 0 Å². The fourth-order valence-electron chi connectivity index (χ4n) is 3.52. The van der Waals surface area contributed by atoms with E-state index in [1.54, 1.807) is 4.31 Å². The van der Waals surface area contributed by atoms with Crippen LogP contribution in [0.2, 0.25) is 0 Å². The Kier molecular flexibility index (Phi) is 5.34. The quantitative estimate of drug-likeness (QED) is 0.805. The van der Waals surface area contributed by atoms with Crippen LogP contribution >= 0.6 is 0 Å². The number of hydrogen-bond donors (Lipinski definition) is 1. The van der Waals surface area contributed by atoms with E-state index < -0.39 is 10.0 Å². The first kappa shape index (κ1) is 17.2. The van der Waals surface area contributed by atoms with Crippen molar-refractivity contribution in [3.8, 4) is 0 Å². The molecule has 2 rings (SSSR count). The van der Waals surface area contributed by atoms with E-state index in [-0.39, 0.29) is 5.41 Å². The van der Waals surface area contributed by atoms with E-state index >= 15 is 0 Å². The summed E-state index contributed by atoms with van der Waals surface area (Å²) in [6.07, 6.45) is 4.79. The molecule has 0 aromatic rings. The van der Waals surface area contributed by atoms with Gasteiger partial charge >= 0.3 is 0 Å². The minimum atomic E-state index is -3.04. The molecule has 2 aliphatic rings. The molecular formula is C15H30N2O3S. The van der Waals surface area contributed by atoms with Gasteiger partial charge in [0.25, 0.3) is 0 Å². The number of nitrogens with zero attached hydrogens (tertiary/aromatic N) is 1. The number of rotatable bonds is 6. The van der Waals surface area contributed by atoms with Crippen LogP contribution in [0.3, 0.4) is 0 Å². The lowest BCUT2D eigenvalue weighted by Gasteiger charge is -2.52. The van der Waals surface area contributed by atoms with Crippen LogP contribution in [0, 0.1) is 11.3 Å². The number of piperidine rings is 1. The van der Waals surface area contributed by atoms with Gasteiger partial charge in [-0.15, -0.1) is 0 Å². The monoisotopic (exact) mass is 318 g/mol. The first-order chi connectivity index (χ1) is 9.75. The van der Waals surface area contributed by atoms with Gasteiger partial charge in [-0.2, -0.15) is 0 Å². The molecule has 3 unspecified atom stereocenters. The summed E-state index contributed by atoms with van der Waals surface area (Å²) in [6.45, 7) is 9.55. The van der Waals surface area contributed by atoms with E-state index in [1.165, 1.54) is 6.26 Å². The Morgan fingerprint density at radius 1 is 1.38 bits per heavy atom. The zero-order valence-corrected chi connectivity index (χ0v) is 14.6. The van der Waals surface area contributed by atoms with E-state index in [0.717, 1.165) is 32.4 Å². The standard InChI is InChI=1S/C15H30N2O3S/c1-5-20-14-9-13(15(14,2)3)16-10-12-7-6-8-17(11-12)21(4,18)19/h12-14,16H,5-11H2,1-4H3. The van der Waals surface area contributed by atoms with Gasteiger partial charge in [-0.05, 0) is 38.6 Å². The lowest BCUT2D eigenvalue weighted by atomic mass is 9.64. The third-order valence-corrected chi connectivity index (χ3v) is 6.42. The molecule has 0 radical (unpaired) electrons. The van der Waals surface area contributed by atoms with Crippen LogP contribution in [0.4, 0.5) is 0 Å². The van der Waals surface area contributed by atoms with Crippen molar-refractivity contribution in [3.05, 3.63) is 0 Å². The van der Waals surface area contributed by atoms with Crippen molar-refractivity contribution in [2.75, 3.05) is 32.5 Å². The molecule has 0 aromatic carbocycles. The minimum Gasteiger partial charge on any atom is -0.378 e. The Morgan fingerprint density at radius 3 is 2.67 bits per heavy atom. The van der Waals surface area contributed by atoms with Gasteiger partial charge in [0.1, 0.15) is 0 Å². The number of sulfonamides is 1. The van der Waals surface area contributed by atoms with Crippen LogP contribution in [-0.4, -0.2) is 57.4 Å². The topological polar surface area (TPSA) is 58.6 Å². The summed E-state index contributed by atoms with van der Waals surface area (Å²) >= 11 is 0. The van der Waals surface area contributed by atoms with E-state index in [1.807, 2.05) is 6.92 Å². The third-order valence-electron chi connectivity index (χ3n) is 5.15. The fraction of sp³-hybridized carbons (Fsp3) is 1.00. The van der Waals surface area contributed by atoms with Crippen LogP contribution in [0.5, 0.6) is 0 Å². The largest absolute Gasteiger partial charge is 0.378 e. The molecule has 124 valence electrons. The van der Waals surface area contributed by atoms with E-state index in [0.29, 0.717) is 31.2 Å². The zero-order chi connectivity index (χ0) is 15.7. The molecule has 1 N–H and O–H groups in total. The lowest BCUT2D eigenvalue weighted by molar-refractivity contribution is -0.114. The molecule has 1 saturated heterocycles. The van der Waals surface area contributed by atoms with Gasteiger partial charge in [-0.25, -0.2) is 12.7 Å². The second-order valence-electron chi connectivity index (χ2n) is 7.09. The maximum Gasteiger partial charge on any atom is 0.211 e. The highest BCUT2D eigenvalue weighted by Crippen LogP contribution is 2.42. The molecule has 5 nitrogen and oxygen atoms in total. The van der Waals surface area contributed by atoms with Gasteiger partial charge < -0.3 is 10.1 Å². The van der Waals surface area contributed by atoms with E-state index in [2.05, 4.69) is 19.2 Å². The third kappa shape index (κ3) is 3.97. The molecule has 3 atom stereocenters. The number of hydrogen-bond acceptors (Lipinski definition) is 4. The van der Waals surface area contributed by atoms with Crippen LogP contribution in [-0.2, 0) is 14.8 Å². The molecule has 1 aliphatic heterocycles. The summed E-state index contributed by atoms with van der Waals surface area (Å²) < 4.78 is 30.7. The molecule has 1 aliphatic carbocycles. The second kappa shape index (κ2) is 6.52. The Bertz CT molecular complexity index is 450. The van der Waals surface area contributed by atoms with Crippen molar-refractivity contribution in [2.45, 2.75) is 52.2 Å². The maximum absolute atomic E-state index is 11.6. The van der Waals surface area contributed by atoms with Crippen LogP contribution in [0.25, 0.3) is 0 Å². The summed E-state index contributed by atoms with van der Waals surface area (Å²) in [5.74, 6) is 0.426. The average molecular weight is 318 g/mol. The number of ether oxygens (including phenoxy) is 1. The summed E-state index contributed by atoms with van der Waals surface area (Å²) in [6, 6.07) is 0.475.